The first-order valence-electron chi connectivity index (χ1n) is 8.92. The van der Waals surface area contributed by atoms with Gasteiger partial charge in [0.05, 0.1) is 38.3 Å². The summed E-state index contributed by atoms with van der Waals surface area (Å²) < 4.78 is 19.5. The fraction of sp³-hybridized carbons (Fsp3) is 0.350. The van der Waals surface area contributed by atoms with Gasteiger partial charge in [-0.25, -0.2) is 4.39 Å². The molecule has 4 nitrogen and oxygen atoms in total. The molecule has 0 aliphatic carbocycles. The molecular weight excluding hydrogens is 355 g/mol. The zero-order chi connectivity index (χ0) is 18.1. The molecule has 4 rings (SSSR count). The number of hydrogen-bond acceptors (Lipinski definition) is 2. The van der Waals surface area contributed by atoms with Crippen molar-refractivity contribution in [3.63, 3.8) is 0 Å². The molecule has 1 fully saturated rings. The van der Waals surface area contributed by atoms with E-state index in [9.17, 15) is 9.18 Å². The van der Waals surface area contributed by atoms with E-state index >= 15 is 0 Å². The van der Waals surface area contributed by atoms with Gasteiger partial charge in [-0.1, -0.05) is 11.6 Å². The third-order valence-corrected chi connectivity index (χ3v) is 5.36. The van der Waals surface area contributed by atoms with E-state index in [1.807, 2.05) is 0 Å². The highest BCUT2D eigenvalue weighted by Gasteiger charge is 2.26. The number of benzene rings is 2. The minimum Gasteiger partial charge on any atom is -0.493 e. The summed E-state index contributed by atoms with van der Waals surface area (Å²) in [5.74, 6) is 0.190. The van der Waals surface area contributed by atoms with Gasteiger partial charge in [0.25, 0.3) is 5.91 Å². The number of fused-ring (bicyclic) bond motifs is 1. The predicted molar refractivity (Wildman–Crippen MR) is 97.4 cm³/mol. The minimum absolute atomic E-state index is 0.0940. The number of hydrogen-bond donors (Lipinski definition) is 1. The van der Waals surface area contributed by atoms with Crippen LogP contribution in [0.1, 0.15) is 21.5 Å². The summed E-state index contributed by atoms with van der Waals surface area (Å²) in [6.07, 6.45) is 0.980. The van der Waals surface area contributed by atoms with Crippen molar-refractivity contribution in [3.8, 4) is 5.75 Å². The standard InChI is InChI=1S/C20H20ClFN2O2/c21-16-2-3-17(18(22)12-16)20(25)24-8-6-23(7-9-24)13-14-1-4-19-15(11-14)5-10-26-19/h1-4,11-12H,5-10,13H2/p+1. The Morgan fingerprint density at radius 1 is 1.19 bits per heavy atom. The molecule has 0 unspecified atom stereocenters. The van der Waals surface area contributed by atoms with Crippen LogP contribution >= 0.6 is 11.6 Å². The second kappa shape index (κ2) is 7.25. The summed E-state index contributed by atoms with van der Waals surface area (Å²) in [5, 5.41) is 0.299. The smallest absolute Gasteiger partial charge is 0.257 e. The lowest BCUT2D eigenvalue weighted by atomic mass is 10.1. The van der Waals surface area contributed by atoms with Crippen molar-refractivity contribution in [2.45, 2.75) is 13.0 Å². The van der Waals surface area contributed by atoms with E-state index in [2.05, 4.69) is 18.2 Å². The van der Waals surface area contributed by atoms with Crippen LogP contribution in [0, 0.1) is 5.82 Å². The summed E-state index contributed by atoms with van der Waals surface area (Å²) in [4.78, 5) is 15.7. The Labute approximate surface area is 157 Å². The number of nitrogens with one attached hydrogen (secondary N) is 1. The summed E-state index contributed by atoms with van der Waals surface area (Å²) in [5.41, 5.74) is 2.68. The quantitative estimate of drug-likeness (QED) is 0.889. The molecule has 2 aliphatic heterocycles. The number of ether oxygens (including phenoxy) is 1. The first kappa shape index (κ1) is 17.3. The number of carbonyl (C=O) groups is 1. The van der Waals surface area contributed by atoms with Crippen molar-refractivity contribution < 1.29 is 18.8 Å². The van der Waals surface area contributed by atoms with Crippen LogP contribution in [0.5, 0.6) is 5.75 Å². The van der Waals surface area contributed by atoms with E-state index in [1.54, 1.807) is 11.0 Å². The van der Waals surface area contributed by atoms with E-state index in [0.29, 0.717) is 18.1 Å². The van der Waals surface area contributed by atoms with Crippen LogP contribution in [-0.4, -0.2) is 43.6 Å². The molecule has 1 amide bonds. The maximum atomic E-state index is 14.0. The average molecular weight is 376 g/mol. The molecule has 2 aromatic carbocycles. The zero-order valence-corrected chi connectivity index (χ0v) is 15.2. The predicted octanol–water partition coefficient (Wildman–Crippen LogP) is 1.95. The van der Waals surface area contributed by atoms with Crippen LogP contribution in [0.15, 0.2) is 36.4 Å². The molecule has 2 aromatic rings. The van der Waals surface area contributed by atoms with Gasteiger partial charge in [-0.2, -0.15) is 0 Å². The van der Waals surface area contributed by atoms with Gasteiger partial charge in [0.15, 0.2) is 0 Å². The van der Waals surface area contributed by atoms with Crippen molar-refractivity contribution in [1.82, 2.24) is 4.90 Å². The summed E-state index contributed by atoms with van der Waals surface area (Å²) in [6, 6.07) is 10.6. The Bertz CT molecular complexity index is 835. The van der Waals surface area contributed by atoms with Crippen LogP contribution < -0.4 is 9.64 Å². The van der Waals surface area contributed by atoms with Gasteiger partial charge < -0.3 is 14.5 Å². The van der Waals surface area contributed by atoms with E-state index in [0.717, 1.165) is 38.4 Å². The van der Waals surface area contributed by atoms with Crippen molar-refractivity contribution in [2.24, 2.45) is 0 Å². The molecule has 6 heteroatoms. The molecule has 1 saturated heterocycles. The van der Waals surface area contributed by atoms with Crippen molar-refractivity contribution in [3.05, 3.63) is 63.9 Å². The SMILES string of the molecule is O=C(c1ccc(Cl)cc1F)N1CC[NH+](Cc2ccc3c(c2)CCO3)CC1. The van der Waals surface area contributed by atoms with E-state index in [4.69, 9.17) is 16.3 Å². The van der Waals surface area contributed by atoms with Gasteiger partial charge >= 0.3 is 0 Å². The molecular formula is C20H21ClFN2O2+. The van der Waals surface area contributed by atoms with Crippen LogP contribution in [0.2, 0.25) is 5.02 Å². The summed E-state index contributed by atoms with van der Waals surface area (Å²) >= 11 is 5.76. The van der Waals surface area contributed by atoms with Crippen LogP contribution in [0.3, 0.4) is 0 Å². The second-order valence-corrected chi connectivity index (χ2v) is 7.32. The van der Waals surface area contributed by atoms with Gasteiger partial charge in [-0.15, -0.1) is 0 Å². The number of rotatable bonds is 3. The van der Waals surface area contributed by atoms with Gasteiger partial charge in [0.2, 0.25) is 0 Å². The minimum atomic E-state index is -0.558. The Morgan fingerprint density at radius 2 is 2.00 bits per heavy atom. The maximum Gasteiger partial charge on any atom is 0.257 e. The fourth-order valence-corrected chi connectivity index (χ4v) is 3.83. The topological polar surface area (TPSA) is 34.0 Å². The van der Waals surface area contributed by atoms with Gasteiger partial charge in [0.1, 0.15) is 18.1 Å². The Kier molecular flexibility index (Phi) is 4.83. The highest BCUT2D eigenvalue weighted by atomic mass is 35.5. The second-order valence-electron chi connectivity index (χ2n) is 6.88. The van der Waals surface area contributed by atoms with Crippen LogP contribution in [-0.2, 0) is 13.0 Å². The lowest BCUT2D eigenvalue weighted by Crippen LogP contribution is -3.13. The largest absolute Gasteiger partial charge is 0.493 e. The highest BCUT2D eigenvalue weighted by molar-refractivity contribution is 6.30. The molecule has 136 valence electrons. The molecule has 0 saturated carbocycles. The maximum absolute atomic E-state index is 14.0. The first-order valence-corrected chi connectivity index (χ1v) is 9.30. The number of piperazine rings is 1. The molecule has 0 aromatic heterocycles. The van der Waals surface area contributed by atoms with Crippen LogP contribution in [0.25, 0.3) is 0 Å². The number of quaternary nitrogens is 1. The van der Waals surface area contributed by atoms with E-state index < -0.39 is 5.82 Å². The van der Waals surface area contributed by atoms with E-state index in [1.165, 1.54) is 28.2 Å². The van der Waals surface area contributed by atoms with Crippen molar-refractivity contribution in [1.29, 1.82) is 0 Å². The van der Waals surface area contributed by atoms with Crippen LogP contribution in [0.4, 0.5) is 4.39 Å². The molecule has 0 atom stereocenters. The zero-order valence-electron chi connectivity index (χ0n) is 14.4. The monoisotopic (exact) mass is 375 g/mol. The third-order valence-electron chi connectivity index (χ3n) is 5.13. The lowest BCUT2D eigenvalue weighted by Gasteiger charge is -2.32. The Balaban J connectivity index is 1.36. The molecule has 0 bridgehead atoms. The van der Waals surface area contributed by atoms with E-state index in [-0.39, 0.29) is 11.5 Å². The fourth-order valence-electron chi connectivity index (χ4n) is 3.67. The van der Waals surface area contributed by atoms with Crippen molar-refractivity contribution in [2.75, 3.05) is 32.8 Å². The third kappa shape index (κ3) is 3.55. The number of nitrogens with zero attached hydrogens (tertiary/aromatic N) is 1. The van der Waals surface area contributed by atoms with Gasteiger partial charge in [-0.3, -0.25) is 4.79 Å². The van der Waals surface area contributed by atoms with Gasteiger partial charge in [-0.05, 0) is 42.0 Å². The van der Waals surface area contributed by atoms with Crippen molar-refractivity contribution >= 4 is 17.5 Å². The molecule has 2 heterocycles. The Morgan fingerprint density at radius 3 is 2.77 bits per heavy atom. The summed E-state index contributed by atoms with van der Waals surface area (Å²) in [6.45, 7) is 4.68. The molecule has 2 aliphatic rings. The number of halogens is 2. The summed E-state index contributed by atoms with van der Waals surface area (Å²) in [7, 11) is 0. The van der Waals surface area contributed by atoms with Gasteiger partial charge in [0, 0.05) is 17.0 Å². The highest BCUT2D eigenvalue weighted by Crippen LogP contribution is 2.25. The molecule has 1 N–H and O–H groups in total. The number of amides is 1. The lowest BCUT2D eigenvalue weighted by molar-refractivity contribution is -0.917. The Hall–Kier alpha value is -2.11. The molecule has 0 radical (unpaired) electrons. The average Bonchev–Trinajstić information content (AvgIpc) is 3.10. The number of carbonyl (C=O) groups excluding carboxylic acids is 1. The first-order chi connectivity index (χ1) is 12.6. The molecule has 26 heavy (non-hydrogen) atoms. The molecule has 0 spiro atoms. The normalized spacial score (nSPS) is 17.1.